The van der Waals surface area contributed by atoms with Gasteiger partial charge in [-0.2, -0.15) is 5.10 Å². The van der Waals surface area contributed by atoms with Crippen LogP contribution in [0.25, 0.3) is 0 Å². The lowest BCUT2D eigenvalue weighted by molar-refractivity contribution is -0.384. The Morgan fingerprint density at radius 3 is 2.61 bits per heavy atom. The van der Waals surface area contributed by atoms with Gasteiger partial charge in [-0.25, -0.2) is 0 Å². The molecule has 2 aromatic carbocycles. The Kier molecular flexibility index (Phi) is 5.65. The van der Waals surface area contributed by atoms with E-state index in [1.54, 1.807) is 24.4 Å². The summed E-state index contributed by atoms with van der Waals surface area (Å²) in [5.41, 5.74) is 4.85. The van der Waals surface area contributed by atoms with Crippen LogP contribution in [-0.4, -0.2) is 36.4 Å². The fraction of sp³-hybridized carbons (Fsp3) is 0.188. The highest BCUT2D eigenvalue weighted by atomic mass is 16.6. The first-order chi connectivity index (χ1) is 11.1. The molecule has 2 N–H and O–H groups in total. The van der Waals surface area contributed by atoms with Gasteiger partial charge in [0, 0.05) is 25.3 Å². The standard InChI is InChI=1S/C16H18N4O3/c1-19(10-11-21)14-8-6-13(7-9-14)12-17-18-15-4-2-3-5-16(15)20(22)23/h2-9,12,18,21H,10-11H2,1H3/b17-12+. The minimum atomic E-state index is -0.455. The maximum atomic E-state index is 10.9. The number of anilines is 2. The van der Waals surface area contributed by atoms with Crippen molar-refractivity contribution >= 4 is 23.3 Å². The van der Waals surface area contributed by atoms with Gasteiger partial charge < -0.3 is 10.0 Å². The van der Waals surface area contributed by atoms with Gasteiger partial charge in [0.15, 0.2) is 0 Å². The van der Waals surface area contributed by atoms with Crippen LogP contribution >= 0.6 is 0 Å². The van der Waals surface area contributed by atoms with E-state index in [9.17, 15) is 10.1 Å². The van der Waals surface area contributed by atoms with Gasteiger partial charge in [-0.05, 0) is 23.8 Å². The molecule has 0 fully saturated rings. The molecule has 0 unspecified atom stereocenters. The summed E-state index contributed by atoms with van der Waals surface area (Å²) in [4.78, 5) is 12.4. The molecule has 0 saturated heterocycles. The zero-order valence-corrected chi connectivity index (χ0v) is 12.7. The molecule has 2 aromatic rings. The molecule has 0 atom stereocenters. The van der Waals surface area contributed by atoms with Crippen LogP contribution in [0.15, 0.2) is 53.6 Å². The van der Waals surface area contributed by atoms with Crippen molar-refractivity contribution in [3.63, 3.8) is 0 Å². The first kappa shape index (κ1) is 16.4. The van der Waals surface area contributed by atoms with Crippen LogP contribution in [0.2, 0.25) is 0 Å². The van der Waals surface area contributed by atoms with Crippen molar-refractivity contribution in [3.8, 4) is 0 Å². The molecule has 0 aliphatic heterocycles. The van der Waals surface area contributed by atoms with Crippen molar-refractivity contribution in [2.24, 2.45) is 5.10 Å². The van der Waals surface area contributed by atoms with E-state index in [1.807, 2.05) is 36.2 Å². The number of likely N-dealkylation sites (N-methyl/N-ethyl adjacent to an activating group) is 1. The van der Waals surface area contributed by atoms with E-state index < -0.39 is 4.92 Å². The molecule has 2 rings (SSSR count). The summed E-state index contributed by atoms with van der Waals surface area (Å²) in [6.45, 7) is 0.659. The number of nitrogens with zero attached hydrogens (tertiary/aromatic N) is 3. The maximum absolute atomic E-state index is 10.9. The van der Waals surface area contributed by atoms with Gasteiger partial charge in [-0.15, -0.1) is 0 Å². The van der Waals surface area contributed by atoms with Crippen LogP contribution in [0.1, 0.15) is 5.56 Å². The lowest BCUT2D eigenvalue weighted by atomic mass is 10.2. The number of hydrogen-bond acceptors (Lipinski definition) is 6. The molecule has 23 heavy (non-hydrogen) atoms. The predicted molar refractivity (Wildman–Crippen MR) is 91.1 cm³/mol. The van der Waals surface area contributed by atoms with Gasteiger partial charge in [0.1, 0.15) is 5.69 Å². The monoisotopic (exact) mass is 314 g/mol. The van der Waals surface area contributed by atoms with E-state index in [-0.39, 0.29) is 12.3 Å². The SMILES string of the molecule is CN(CCO)c1ccc(/C=N/Nc2ccccc2[N+](=O)[O-])cc1. The van der Waals surface area contributed by atoms with E-state index in [4.69, 9.17) is 5.11 Å². The molecular weight excluding hydrogens is 296 g/mol. The van der Waals surface area contributed by atoms with Gasteiger partial charge in [0.05, 0.1) is 17.7 Å². The number of hydrogen-bond donors (Lipinski definition) is 2. The molecule has 0 radical (unpaired) electrons. The second-order valence-corrected chi connectivity index (χ2v) is 4.88. The van der Waals surface area contributed by atoms with Crippen LogP contribution in [0.3, 0.4) is 0 Å². The van der Waals surface area contributed by atoms with E-state index in [2.05, 4.69) is 10.5 Å². The van der Waals surface area contributed by atoms with Crippen LogP contribution in [0.5, 0.6) is 0 Å². The maximum Gasteiger partial charge on any atom is 0.294 e. The highest BCUT2D eigenvalue weighted by Gasteiger charge is 2.10. The zero-order chi connectivity index (χ0) is 16.7. The van der Waals surface area contributed by atoms with E-state index in [0.29, 0.717) is 12.2 Å². The van der Waals surface area contributed by atoms with Crippen molar-refractivity contribution in [1.82, 2.24) is 0 Å². The van der Waals surface area contributed by atoms with Crippen LogP contribution in [0.4, 0.5) is 17.1 Å². The highest BCUT2D eigenvalue weighted by Crippen LogP contribution is 2.22. The van der Waals surface area contributed by atoms with E-state index in [1.165, 1.54) is 6.07 Å². The van der Waals surface area contributed by atoms with E-state index >= 15 is 0 Å². The fourth-order valence-corrected chi connectivity index (χ4v) is 2.00. The number of benzene rings is 2. The Hall–Kier alpha value is -2.93. The van der Waals surface area contributed by atoms with E-state index in [0.717, 1.165) is 11.3 Å². The molecule has 7 nitrogen and oxygen atoms in total. The van der Waals surface area contributed by atoms with Crippen LogP contribution in [-0.2, 0) is 0 Å². The summed E-state index contributed by atoms with van der Waals surface area (Å²) in [6, 6.07) is 13.9. The third-order valence-electron chi connectivity index (χ3n) is 3.27. The van der Waals surface area contributed by atoms with Crippen molar-refractivity contribution in [3.05, 3.63) is 64.2 Å². The second-order valence-electron chi connectivity index (χ2n) is 4.88. The minimum Gasteiger partial charge on any atom is -0.395 e. The topological polar surface area (TPSA) is 91.0 Å². The smallest absolute Gasteiger partial charge is 0.294 e. The minimum absolute atomic E-state index is 0.0226. The van der Waals surface area contributed by atoms with Crippen LogP contribution in [0, 0.1) is 10.1 Å². The molecule has 0 aliphatic rings. The van der Waals surface area contributed by atoms with Crippen LogP contribution < -0.4 is 10.3 Å². The summed E-state index contributed by atoms with van der Waals surface area (Å²) in [7, 11) is 1.90. The number of nitrogens with one attached hydrogen (secondary N) is 1. The van der Waals surface area contributed by atoms with Gasteiger partial charge in [-0.3, -0.25) is 15.5 Å². The molecule has 0 aromatic heterocycles. The average Bonchev–Trinajstić information content (AvgIpc) is 2.56. The third kappa shape index (κ3) is 4.52. The number of aliphatic hydroxyl groups excluding tert-OH is 1. The highest BCUT2D eigenvalue weighted by molar-refractivity contribution is 5.81. The Labute approximate surface area is 134 Å². The lowest BCUT2D eigenvalue weighted by Gasteiger charge is -2.17. The molecule has 0 aliphatic carbocycles. The normalized spacial score (nSPS) is 10.7. The summed E-state index contributed by atoms with van der Waals surface area (Å²) in [5.74, 6) is 0. The molecular formula is C16H18N4O3. The summed E-state index contributed by atoms with van der Waals surface area (Å²) < 4.78 is 0. The third-order valence-corrected chi connectivity index (χ3v) is 3.27. The lowest BCUT2D eigenvalue weighted by Crippen LogP contribution is -2.20. The zero-order valence-electron chi connectivity index (χ0n) is 12.7. The number of aliphatic hydroxyl groups is 1. The number of hydrazone groups is 1. The summed E-state index contributed by atoms with van der Waals surface area (Å²) in [5, 5.41) is 23.9. The quantitative estimate of drug-likeness (QED) is 0.465. The first-order valence-electron chi connectivity index (χ1n) is 7.06. The second kappa shape index (κ2) is 7.90. The molecule has 7 heteroatoms. The van der Waals surface area contributed by atoms with Crippen molar-refractivity contribution in [2.75, 3.05) is 30.5 Å². The molecule has 0 saturated carbocycles. The van der Waals surface area contributed by atoms with Gasteiger partial charge in [0.2, 0.25) is 0 Å². The molecule has 0 bridgehead atoms. The number of para-hydroxylation sites is 2. The Balaban J connectivity index is 2.03. The number of nitro benzene ring substituents is 1. The Morgan fingerprint density at radius 2 is 1.96 bits per heavy atom. The Morgan fingerprint density at radius 1 is 1.26 bits per heavy atom. The molecule has 0 heterocycles. The van der Waals surface area contributed by atoms with Crippen molar-refractivity contribution < 1.29 is 10.0 Å². The van der Waals surface area contributed by atoms with Gasteiger partial charge in [-0.1, -0.05) is 24.3 Å². The van der Waals surface area contributed by atoms with Gasteiger partial charge >= 0.3 is 0 Å². The largest absolute Gasteiger partial charge is 0.395 e. The molecule has 0 amide bonds. The number of nitro groups is 1. The number of rotatable bonds is 7. The fourth-order valence-electron chi connectivity index (χ4n) is 2.00. The predicted octanol–water partition coefficient (Wildman–Crippen LogP) is 2.47. The molecule has 0 spiro atoms. The van der Waals surface area contributed by atoms with Crippen molar-refractivity contribution in [1.29, 1.82) is 0 Å². The van der Waals surface area contributed by atoms with Gasteiger partial charge in [0.25, 0.3) is 5.69 Å². The summed E-state index contributed by atoms with van der Waals surface area (Å²) in [6.07, 6.45) is 1.59. The summed E-state index contributed by atoms with van der Waals surface area (Å²) >= 11 is 0. The average molecular weight is 314 g/mol. The van der Waals surface area contributed by atoms with Crippen molar-refractivity contribution in [2.45, 2.75) is 0 Å². The Bertz CT molecular complexity index is 686. The molecule has 120 valence electrons. The first-order valence-corrected chi connectivity index (χ1v) is 7.06.